The van der Waals surface area contributed by atoms with E-state index in [1.165, 1.54) is 13.2 Å². The number of carbonyl (C=O) groups excluding carboxylic acids is 2. The molecule has 0 bridgehead atoms. The van der Waals surface area contributed by atoms with Crippen LogP contribution in [0.4, 0.5) is 0 Å². The summed E-state index contributed by atoms with van der Waals surface area (Å²) in [6, 6.07) is 4.55. The number of phenolic OH excluding ortho intramolecular Hbond substituents is 1. The van der Waals surface area contributed by atoms with Gasteiger partial charge in [-0.1, -0.05) is 0 Å². The lowest BCUT2D eigenvalue weighted by atomic mass is 10.1. The molecule has 0 aliphatic heterocycles. The topological polar surface area (TPSA) is 100 Å². The van der Waals surface area contributed by atoms with Crippen molar-refractivity contribution >= 4 is 17.5 Å². The van der Waals surface area contributed by atoms with E-state index in [4.69, 9.17) is 4.74 Å². The molecule has 0 radical (unpaired) electrons. The van der Waals surface area contributed by atoms with Gasteiger partial charge in [0.05, 0.1) is 12.8 Å². The number of aromatic hydroxyl groups is 1. The average Bonchev–Trinajstić information content (AvgIpc) is 2.43. The molecule has 2 amide bonds. The third-order valence-electron chi connectivity index (χ3n) is 2.55. The van der Waals surface area contributed by atoms with E-state index in [2.05, 4.69) is 15.8 Å². The minimum absolute atomic E-state index is 0.0310. The SMILES string of the molecule is COc1ccc(/C(C)=N/NC(=O)C(=O)NC(C)C)c(O)c1. The Bertz CT molecular complexity index is 567. The first-order valence-electron chi connectivity index (χ1n) is 6.37. The molecule has 1 rings (SSSR count). The smallest absolute Gasteiger partial charge is 0.329 e. The summed E-state index contributed by atoms with van der Waals surface area (Å²) < 4.78 is 4.97. The van der Waals surface area contributed by atoms with Crippen molar-refractivity contribution in [1.29, 1.82) is 0 Å². The van der Waals surface area contributed by atoms with Crippen molar-refractivity contribution in [3.05, 3.63) is 23.8 Å². The van der Waals surface area contributed by atoms with Gasteiger partial charge in [-0.15, -0.1) is 0 Å². The van der Waals surface area contributed by atoms with Gasteiger partial charge in [-0.3, -0.25) is 9.59 Å². The normalized spacial score (nSPS) is 11.2. The maximum atomic E-state index is 11.5. The summed E-state index contributed by atoms with van der Waals surface area (Å²) in [5, 5.41) is 16.1. The van der Waals surface area contributed by atoms with Gasteiger partial charge in [0.1, 0.15) is 11.5 Å². The van der Waals surface area contributed by atoms with Gasteiger partial charge in [0.25, 0.3) is 0 Å². The fraction of sp³-hybridized carbons (Fsp3) is 0.357. The third kappa shape index (κ3) is 4.79. The molecule has 0 saturated carbocycles. The number of amides is 2. The number of ether oxygens (including phenoxy) is 1. The highest BCUT2D eigenvalue weighted by Crippen LogP contribution is 2.23. The zero-order valence-corrected chi connectivity index (χ0v) is 12.4. The minimum Gasteiger partial charge on any atom is -0.507 e. The number of hydrogen-bond donors (Lipinski definition) is 3. The largest absolute Gasteiger partial charge is 0.507 e. The molecule has 0 aromatic heterocycles. The molecule has 0 atom stereocenters. The summed E-state index contributed by atoms with van der Waals surface area (Å²) >= 11 is 0. The zero-order valence-electron chi connectivity index (χ0n) is 12.4. The molecule has 7 nitrogen and oxygen atoms in total. The number of rotatable bonds is 4. The van der Waals surface area contributed by atoms with Gasteiger partial charge in [-0.2, -0.15) is 5.10 Å². The summed E-state index contributed by atoms with van der Waals surface area (Å²) in [5.41, 5.74) is 2.93. The van der Waals surface area contributed by atoms with E-state index in [0.717, 1.165) is 0 Å². The van der Waals surface area contributed by atoms with E-state index in [1.54, 1.807) is 32.9 Å². The molecule has 0 unspecified atom stereocenters. The Morgan fingerprint density at radius 1 is 1.29 bits per heavy atom. The van der Waals surface area contributed by atoms with Crippen LogP contribution in [0, 0.1) is 0 Å². The second-order valence-corrected chi connectivity index (χ2v) is 4.65. The Morgan fingerprint density at radius 2 is 1.95 bits per heavy atom. The van der Waals surface area contributed by atoms with Gasteiger partial charge >= 0.3 is 11.8 Å². The first-order valence-corrected chi connectivity index (χ1v) is 6.37. The fourth-order valence-electron chi connectivity index (χ4n) is 1.52. The van der Waals surface area contributed by atoms with E-state index in [0.29, 0.717) is 17.0 Å². The molecule has 0 aliphatic rings. The Labute approximate surface area is 123 Å². The van der Waals surface area contributed by atoms with E-state index in [1.807, 2.05) is 0 Å². The Kier molecular flexibility index (Phi) is 5.71. The Morgan fingerprint density at radius 3 is 2.48 bits per heavy atom. The number of hydrogen-bond acceptors (Lipinski definition) is 5. The highest BCUT2D eigenvalue weighted by Gasteiger charge is 2.14. The van der Waals surface area contributed by atoms with Gasteiger partial charge in [0.2, 0.25) is 0 Å². The van der Waals surface area contributed by atoms with Crippen LogP contribution in [0.15, 0.2) is 23.3 Å². The molecule has 0 fully saturated rings. The zero-order chi connectivity index (χ0) is 16.0. The van der Waals surface area contributed by atoms with Crippen molar-refractivity contribution in [2.75, 3.05) is 7.11 Å². The van der Waals surface area contributed by atoms with Gasteiger partial charge in [-0.25, -0.2) is 5.43 Å². The highest BCUT2D eigenvalue weighted by molar-refractivity contribution is 6.35. The van der Waals surface area contributed by atoms with Crippen LogP contribution in [0.3, 0.4) is 0 Å². The number of carbonyl (C=O) groups is 2. The van der Waals surface area contributed by atoms with Crippen LogP contribution < -0.4 is 15.5 Å². The predicted molar refractivity (Wildman–Crippen MR) is 78.3 cm³/mol. The molecule has 1 aromatic carbocycles. The highest BCUT2D eigenvalue weighted by atomic mass is 16.5. The van der Waals surface area contributed by atoms with Crippen LogP contribution in [0.5, 0.6) is 11.5 Å². The lowest BCUT2D eigenvalue weighted by molar-refractivity contribution is -0.139. The molecule has 0 saturated heterocycles. The van der Waals surface area contributed by atoms with E-state index >= 15 is 0 Å². The van der Waals surface area contributed by atoms with E-state index < -0.39 is 11.8 Å². The summed E-state index contributed by atoms with van der Waals surface area (Å²) in [7, 11) is 1.49. The van der Waals surface area contributed by atoms with E-state index in [-0.39, 0.29) is 11.8 Å². The molecule has 3 N–H and O–H groups in total. The minimum atomic E-state index is -0.865. The van der Waals surface area contributed by atoms with Crippen LogP contribution in [-0.4, -0.2) is 35.8 Å². The summed E-state index contributed by atoms with van der Waals surface area (Å²) in [4.78, 5) is 22.9. The maximum absolute atomic E-state index is 11.5. The molecule has 0 aliphatic carbocycles. The molecule has 1 aromatic rings. The van der Waals surface area contributed by atoms with Gasteiger partial charge in [0.15, 0.2) is 0 Å². The fourth-order valence-corrected chi connectivity index (χ4v) is 1.52. The lowest BCUT2D eigenvalue weighted by Gasteiger charge is -2.08. The Balaban J connectivity index is 2.77. The van der Waals surface area contributed by atoms with Crippen molar-refractivity contribution in [3.8, 4) is 11.5 Å². The second kappa shape index (κ2) is 7.28. The van der Waals surface area contributed by atoms with Crippen molar-refractivity contribution < 1.29 is 19.4 Å². The summed E-state index contributed by atoms with van der Waals surface area (Å²) in [6.45, 7) is 5.09. The molecule has 21 heavy (non-hydrogen) atoms. The van der Waals surface area contributed by atoms with Gasteiger partial charge in [0, 0.05) is 17.7 Å². The molecule has 0 heterocycles. The summed E-state index contributed by atoms with van der Waals surface area (Å²) in [5.74, 6) is -1.16. The van der Waals surface area contributed by atoms with Crippen molar-refractivity contribution in [3.63, 3.8) is 0 Å². The Hall–Kier alpha value is -2.57. The van der Waals surface area contributed by atoms with Crippen LogP contribution in [-0.2, 0) is 9.59 Å². The first kappa shape index (κ1) is 16.5. The van der Waals surface area contributed by atoms with Gasteiger partial charge in [-0.05, 0) is 32.9 Å². The number of methoxy groups -OCH3 is 1. The number of benzene rings is 1. The van der Waals surface area contributed by atoms with Crippen LogP contribution in [0.25, 0.3) is 0 Å². The average molecular weight is 293 g/mol. The number of hydrazone groups is 1. The van der Waals surface area contributed by atoms with Crippen LogP contribution >= 0.6 is 0 Å². The monoisotopic (exact) mass is 293 g/mol. The van der Waals surface area contributed by atoms with Crippen molar-refractivity contribution in [2.24, 2.45) is 5.10 Å². The molecular weight excluding hydrogens is 274 g/mol. The number of phenols is 1. The van der Waals surface area contributed by atoms with Crippen LogP contribution in [0.1, 0.15) is 26.3 Å². The number of nitrogens with one attached hydrogen (secondary N) is 2. The lowest BCUT2D eigenvalue weighted by Crippen LogP contribution is -2.41. The third-order valence-corrected chi connectivity index (χ3v) is 2.55. The van der Waals surface area contributed by atoms with Gasteiger partial charge < -0.3 is 15.2 Å². The second-order valence-electron chi connectivity index (χ2n) is 4.65. The predicted octanol–water partition coefficient (Wildman–Crippen LogP) is 0.766. The first-order chi connectivity index (χ1) is 9.85. The van der Waals surface area contributed by atoms with Crippen molar-refractivity contribution in [1.82, 2.24) is 10.7 Å². The van der Waals surface area contributed by atoms with E-state index in [9.17, 15) is 14.7 Å². The molecule has 114 valence electrons. The maximum Gasteiger partial charge on any atom is 0.329 e. The summed E-state index contributed by atoms with van der Waals surface area (Å²) in [6.07, 6.45) is 0. The standard InChI is InChI=1S/C14H19N3O4/c1-8(2)15-13(19)14(20)17-16-9(3)11-6-5-10(21-4)7-12(11)18/h5-8,18H,1-4H3,(H,15,19)(H,17,20)/b16-9+. The molecule has 0 spiro atoms. The quantitative estimate of drug-likeness (QED) is 0.433. The van der Waals surface area contributed by atoms with Crippen LogP contribution in [0.2, 0.25) is 0 Å². The van der Waals surface area contributed by atoms with Crippen molar-refractivity contribution in [2.45, 2.75) is 26.8 Å². The number of nitrogens with zero attached hydrogens (tertiary/aromatic N) is 1. The molecular formula is C14H19N3O4. The molecule has 7 heteroatoms.